The fraction of sp³-hybridized carbons (Fsp3) is 0.143. The lowest BCUT2D eigenvalue weighted by Gasteiger charge is -2.16. The summed E-state index contributed by atoms with van der Waals surface area (Å²) in [5.74, 6) is 0. The van der Waals surface area contributed by atoms with E-state index in [2.05, 4.69) is 5.48 Å². The monoisotopic (exact) mass is 181 g/mol. The molecule has 2 aliphatic heterocycles. The summed E-state index contributed by atoms with van der Waals surface area (Å²) in [5.41, 5.74) is 3.54. The molecule has 0 radical (unpaired) electrons. The van der Waals surface area contributed by atoms with Gasteiger partial charge in [-0.25, -0.2) is 5.48 Å². The second-order valence-corrected chi connectivity index (χ2v) is 2.67. The number of nitrogens with zero attached hydrogens (tertiary/aromatic N) is 2. The molecular weight excluding hydrogens is 174 g/mol. The minimum Gasteiger partial charge on any atom is -0.258 e. The molecule has 0 aliphatic carbocycles. The summed E-state index contributed by atoms with van der Waals surface area (Å²) in [6.07, 6.45) is 4.70. The van der Waals surface area contributed by atoms with Crippen molar-refractivity contribution >= 4 is 0 Å². The number of rotatable bonds is 1. The van der Waals surface area contributed by atoms with Crippen LogP contribution in [-0.4, -0.2) is 9.99 Å². The summed E-state index contributed by atoms with van der Waals surface area (Å²) in [7, 11) is 0. The third-order valence-electron chi connectivity index (χ3n) is 1.84. The quantitative estimate of drug-likeness (QED) is 0.475. The van der Waals surface area contributed by atoms with Crippen molar-refractivity contribution in [2.75, 3.05) is 0 Å². The molecule has 0 amide bonds. The number of hydroxylamine groups is 3. The van der Waals surface area contributed by atoms with Gasteiger partial charge in [-0.05, 0) is 13.0 Å². The van der Waals surface area contributed by atoms with E-state index in [0.29, 0.717) is 11.3 Å². The SMILES string of the molecule is CC1=C([N+](=O)[O-])C2=CNON2C=C1. The molecule has 2 heterocycles. The Labute approximate surface area is 73.8 Å². The second kappa shape index (κ2) is 2.60. The Kier molecular flexibility index (Phi) is 1.56. The van der Waals surface area contributed by atoms with Crippen molar-refractivity contribution in [1.29, 1.82) is 0 Å². The highest BCUT2D eigenvalue weighted by atomic mass is 16.8. The highest BCUT2D eigenvalue weighted by molar-refractivity contribution is 5.38. The van der Waals surface area contributed by atoms with Crippen molar-refractivity contribution in [3.8, 4) is 0 Å². The van der Waals surface area contributed by atoms with Gasteiger partial charge >= 0.3 is 0 Å². The molecule has 6 heteroatoms. The maximum absolute atomic E-state index is 10.7. The average molecular weight is 181 g/mol. The van der Waals surface area contributed by atoms with Crippen molar-refractivity contribution in [1.82, 2.24) is 10.5 Å². The number of nitro groups is 1. The standard InChI is InChI=1S/C7H7N3O3/c1-5-2-3-9-6(4-8-13-9)7(5)10(11)12/h2-4,8H,1H3. The number of nitrogens with one attached hydrogen (secondary N) is 1. The number of fused-ring (bicyclic) bond motifs is 1. The molecule has 68 valence electrons. The first-order valence-corrected chi connectivity index (χ1v) is 3.66. The summed E-state index contributed by atoms with van der Waals surface area (Å²) in [6, 6.07) is 0. The van der Waals surface area contributed by atoms with E-state index in [1.165, 1.54) is 11.3 Å². The van der Waals surface area contributed by atoms with Gasteiger partial charge in [0.1, 0.15) is 0 Å². The molecule has 13 heavy (non-hydrogen) atoms. The molecule has 0 spiro atoms. The van der Waals surface area contributed by atoms with Crippen LogP contribution in [0.5, 0.6) is 0 Å². The minimum absolute atomic E-state index is 0.0625. The van der Waals surface area contributed by atoms with Crippen LogP contribution in [-0.2, 0) is 4.94 Å². The van der Waals surface area contributed by atoms with E-state index in [-0.39, 0.29) is 5.70 Å². The van der Waals surface area contributed by atoms with Crippen molar-refractivity contribution in [2.24, 2.45) is 0 Å². The van der Waals surface area contributed by atoms with E-state index < -0.39 is 4.92 Å². The Morgan fingerprint density at radius 1 is 1.69 bits per heavy atom. The van der Waals surface area contributed by atoms with Crippen LogP contribution in [0.1, 0.15) is 6.92 Å². The zero-order chi connectivity index (χ0) is 9.42. The van der Waals surface area contributed by atoms with E-state index in [0.717, 1.165) is 0 Å². The maximum Gasteiger partial charge on any atom is 0.299 e. The minimum atomic E-state index is -0.423. The average Bonchev–Trinajstić information content (AvgIpc) is 2.50. The third kappa shape index (κ3) is 1.07. The molecule has 0 fully saturated rings. The highest BCUT2D eigenvalue weighted by Crippen LogP contribution is 2.27. The molecule has 1 N–H and O–H groups in total. The summed E-state index contributed by atoms with van der Waals surface area (Å²) < 4.78 is 0. The lowest BCUT2D eigenvalue weighted by Crippen LogP contribution is -2.21. The predicted molar refractivity (Wildman–Crippen MR) is 43.0 cm³/mol. The van der Waals surface area contributed by atoms with E-state index >= 15 is 0 Å². The van der Waals surface area contributed by atoms with Gasteiger partial charge in [0.05, 0.1) is 11.1 Å². The van der Waals surface area contributed by atoms with Gasteiger partial charge in [-0.1, -0.05) is 0 Å². The van der Waals surface area contributed by atoms with Crippen LogP contribution in [0, 0.1) is 10.1 Å². The first-order valence-electron chi connectivity index (χ1n) is 3.66. The molecule has 0 aromatic heterocycles. The second-order valence-electron chi connectivity index (χ2n) is 2.67. The fourth-order valence-electron chi connectivity index (χ4n) is 1.23. The van der Waals surface area contributed by atoms with Crippen molar-refractivity contribution in [3.05, 3.63) is 45.6 Å². The third-order valence-corrected chi connectivity index (χ3v) is 1.84. The van der Waals surface area contributed by atoms with Gasteiger partial charge in [0.2, 0.25) is 0 Å². The number of allylic oxidation sites excluding steroid dienone is 2. The molecule has 0 atom stereocenters. The van der Waals surface area contributed by atoms with Gasteiger partial charge in [0, 0.05) is 11.8 Å². The van der Waals surface area contributed by atoms with E-state index in [9.17, 15) is 10.1 Å². The number of hydrogen-bond acceptors (Lipinski definition) is 5. The lowest BCUT2D eigenvalue weighted by atomic mass is 10.1. The fourth-order valence-corrected chi connectivity index (χ4v) is 1.23. The van der Waals surface area contributed by atoms with Gasteiger partial charge in [0.15, 0.2) is 5.70 Å². The summed E-state index contributed by atoms with van der Waals surface area (Å²) in [4.78, 5) is 15.1. The first-order chi connectivity index (χ1) is 6.20. The molecule has 2 aliphatic rings. The van der Waals surface area contributed by atoms with Crippen LogP contribution in [0.3, 0.4) is 0 Å². The molecule has 0 saturated heterocycles. The molecule has 0 bridgehead atoms. The zero-order valence-corrected chi connectivity index (χ0v) is 6.85. The van der Waals surface area contributed by atoms with Crippen molar-refractivity contribution in [3.63, 3.8) is 0 Å². The van der Waals surface area contributed by atoms with Gasteiger partial charge in [-0.3, -0.25) is 10.1 Å². The zero-order valence-electron chi connectivity index (χ0n) is 6.85. The Morgan fingerprint density at radius 3 is 3.15 bits per heavy atom. The van der Waals surface area contributed by atoms with E-state index in [1.54, 1.807) is 19.2 Å². The number of hydrogen-bond donors (Lipinski definition) is 1. The predicted octanol–water partition coefficient (Wildman–Crippen LogP) is 0.658. The summed E-state index contributed by atoms with van der Waals surface area (Å²) in [6.45, 7) is 1.69. The van der Waals surface area contributed by atoms with Gasteiger partial charge in [-0.15, -0.1) is 0 Å². The molecular formula is C7H7N3O3. The smallest absolute Gasteiger partial charge is 0.258 e. The van der Waals surface area contributed by atoms with Crippen LogP contribution in [0.25, 0.3) is 0 Å². The Morgan fingerprint density at radius 2 is 2.46 bits per heavy atom. The maximum atomic E-state index is 10.7. The van der Waals surface area contributed by atoms with Crippen molar-refractivity contribution in [2.45, 2.75) is 6.92 Å². The lowest BCUT2D eigenvalue weighted by molar-refractivity contribution is -0.425. The van der Waals surface area contributed by atoms with Crippen LogP contribution in [0.15, 0.2) is 35.4 Å². The molecule has 2 rings (SSSR count). The Balaban J connectivity index is 2.49. The molecule has 0 aromatic rings. The van der Waals surface area contributed by atoms with Crippen LogP contribution in [0.4, 0.5) is 0 Å². The van der Waals surface area contributed by atoms with Crippen LogP contribution in [0.2, 0.25) is 0 Å². The molecule has 0 saturated carbocycles. The van der Waals surface area contributed by atoms with Crippen LogP contribution < -0.4 is 5.48 Å². The normalized spacial score (nSPS) is 19.8. The summed E-state index contributed by atoms with van der Waals surface area (Å²) >= 11 is 0. The first kappa shape index (κ1) is 7.81. The van der Waals surface area contributed by atoms with Gasteiger partial charge < -0.3 is 0 Å². The largest absolute Gasteiger partial charge is 0.299 e. The van der Waals surface area contributed by atoms with E-state index in [1.807, 2.05) is 0 Å². The molecule has 0 aromatic carbocycles. The summed E-state index contributed by atoms with van der Waals surface area (Å²) in [5, 5.41) is 12.0. The highest BCUT2D eigenvalue weighted by Gasteiger charge is 2.31. The van der Waals surface area contributed by atoms with Crippen molar-refractivity contribution < 1.29 is 9.86 Å². The molecule has 6 nitrogen and oxygen atoms in total. The topological polar surface area (TPSA) is 67.6 Å². The van der Waals surface area contributed by atoms with Crippen LogP contribution >= 0.6 is 0 Å². The Hall–Kier alpha value is -1.82. The molecule has 0 unspecified atom stereocenters. The van der Waals surface area contributed by atoms with Gasteiger partial charge in [0.25, 0.3) is 5.70 Å². The van der Waals surface area contributed by atoms with Gasteiger partial charge in [-0.2, -0.15) is 10.0 Å². The Bertz CT molecular complexity index is 356. The van der Waals surface area contributed by atoms with E-state index in [4.69, 9.17) is 4.94 Å².